The first-order chi connectivity index (χ1) is 11.2. The molecule has 3 aromatic heterocycles. The lowest BCUT2D eigenvalue weighted by atomic mass is 10.1. The molecule has 0 spiro atoms. The molecule has 1 atom stereocenters. The molecule has 1 unspecified atom stereocenters. The van der Waals surface area contributed by atoms with Crippen molar-refractivity contribution in [1.82, 2.24) is 19.9 Å². The smallest absolute Gasteiger partial charge is 0.166 e. The van der Waals surface area contributed by atoms with Gasteiger partial charge in [-0.15, -0.1) is 0 Å². The van der Waals surface area contributed by atoms with Crippen LogP contribution in [0.15, 0.2) is 30.7 Å². The second-order valence-corrected chi connectivity index (χ2v) is 5.72. The first-order valence-electron chi connectivity index (χ1n) is 7.63. The standard InChI is InChI=1S/C16H18N6O/c1-10-9-23-5-4-22(10)15-6-14(17)20-16(21-15)12-7-18-8-13-11(12)2-3-19-13/h2-3,6-8,10,19H,4-5,9H2,1H3,(H2,17,20,21). The van der Waals surface area contributed by atoms with Crippen molar-refractivity contribution < 1.29 is 4.74 Å². The molecule has 0 amide bonds. The summed E-state index contributed by atoms with van der Waals surface area (Å²) >= 11 is 0. The van der Waals surface area contributed by atoms with Gasteiger partial charge in [0.15, 0.2) is 5.82 Å². The number of nitrogens with two attached hydrogens (primary N) is 1. The van der Waals surface area contributed by atoms with E-state index in [0.717, 1.165) is 28.8 Å². The third kappa shape index (κ3) is 2.49. The van der Waals surface area contributed by atoms with E-state index < -0.39 is 0 Å². The van der Waals surface area contributed by atoms with E-state index in [2.05, 4.69) is 26.8 Å². The molecule has 1 aliphatic rings. The Labute approximate surface area is 133 Å². The van der Waals surface area contributed by atoms with Crippen LogP contribution in [0, 0.1) is 0 Å². The van der Waals surface area contributed by atoms with Gasteiger partial charge in [0.25, 0.3) is 0 Å². The number of ether oxygens (including phenoxy) is 1. The molecule has 1 saturated heterocycles. The number of nitrogens with zero attached hydrogens (tertiary/aromatic N) is 4. The summed E-state index contributed by atoms with van der Waals surface area (Å²) in [5.74, 6) is 1.88. The Kier molecular flexibility index (Phi) is 3.34. The van der Waals surface area contributed by atoms with Crippen LogP contribution in [-0.2, 0) is 4.74 Å². The van der Waals surface area contributed by atoms with Crippen molar-refractivity contribution in [3.05, 3.63) is 30.7 Å². The summed E-state index contributed by atoms with van der Waals surface area (Å²) in [6.07, 6.45) is 5.45. The van der Waals surface area contributed by atoms with E-state index >= 15 is 0 Å². The molecule has 4 rings (SSSR count). The summed E-state index contributed by atoms with van der Waals surface area (Å²) in [6.45, 7) is 4.29. The van der Waals surface area contributed by atoms with Crippen molar-refractivity contribution in [2.45, 2.75) is 13.0 Å². The zero-order valence-corrected chi connectivity index (χ0v) is 12.9. The second kappa shape index (κ2) is 5.51. The van der Waals surface area contributed by atoms with Crippen LogP contribution in [0.25, 0.3) is 22.3 Å². The molecule has 118 valence electrons. The summed E-state index contributed by atoms with van der Waals surface area (Å²) in [6, 6.07) is 4.07. The predicted molar refractivity (Wildman–Crippen MR) is 89.2 cm³/mol. The second-order valence-electron chi connectivity index (χ2n) is 5.72. The number of nitrogens with one attached hydrogen (secondary N) is 1. The molecule has 0 aliphatic carbocycles. The van der Waals surface area contributed by atoms with Crippen molar-refractivity contribution in [2.24, 2.45) is 0 Å². The number of hydrogen-bond acceptors (Lipinski definition) is 6. The van der Waals surface area contributed by atoms with E-state index in [9.17, 15) is 0 Å². The van der Waals surface area contributed by atoms with Crippen molar-refractivity contribution in [3.63, 3.8) is 0 Å². The Morgan fingerprint density at radius 2 is 2.26 bits per heavy atom. The van der Waals surface area contributed by atoms with Crippen molar-refractivity contribution >= 4 is 22.5 Å². The number of fused-ring (bicyclic) bond motifs is 1. The van der Waals surface area contributed by atoms with Gasteiger partial charge < -0.3 is 20.4 Å². The van der Waals surface area contributed by atoms with Gasteiger partial charge in [-0.05, 0) is 13.0 Å². The average molecular weight is 310 g/mol. The first kappa shape index (κ1) is 14.0. The Morgan fingerprint density at radius 3 is 3.13 bits per heavy atom. The fourth-order valence-electron chi connectivity index (χ4n) is 2.95. The molecule has 0 saturated carbocycles. The van der Waals surface area contributed by atoms with E-state index in [0.29, 0.717) is 24.9 Å². The van der Waals surface area contributed by atoms with Gasteiger partial charge in [0, 0.05) is 36.0 Å². The summed E-state index contributed by atoms with van der Waals surface area (Å²) < 4.78 is 5.50. The van der Waals surface area contributed by atoms with E-state index in [1.807, 2.05) is 18.3 Å². The molecule has 1 fully saturated rings. The topological polar surface area (TPSA) is 93.0 Å². The van der Waals surface area contributed by atoms with Gasteiger partial charge >= 0.3 is 0 Å². The maximum absolute atomic E-state index is 6.03. The third-order valence-corrected chi connectivity index (χ3v) is 4.11. The zero-order chi connectivity index (χ0) is 15.8. The quantitative estimate of drug-likeness (QED) is 0.750. The summed E-state index contributed by atoms with van der Waals surface area (Å²) in [7, 11) is 0. The largest absolute Gasteiger partial charge is 0.384 e. The Hall–Kier alpha value is -2.67. The molecule has 1 aliphatic heterocycles. The number of rotatable bonds is 2. The molecule has 0 bridgehead atoms. The number of aromatic amines is 1. The minimum absolute atomic E-state index is 0.257. The number of hydrogen-bond donors (Lipinski definition) is 2. The van der Waals surface area contributed by atoms with Crippen LogP contribution in [0.2, 0.25) is 0 Å². The van der Waals surface area contributed by atoms with Gasteiger partial charge in [0.2, 0.25) is 0 Å². The van der Waals surface area contributed by atoms with Crippen molar-refractivity contribution in [3.8, 4) is 11.4 Å². The summed E-state index contributed by atoms with van der Waals surface area (Å²) in [5, 5.41) is 1.03. The Bertz CT molecular complexity index is 845. The first-order valence-corrected chi connectivity index (χ1v) is 7.63. The highest BCUT2D eigenvalue weighted by molar-refractivity contribution is 5.92. The van der Waals surface area contributed by atoms with Gasteiger partial charge in [-0.2, -0.15) is 0 Å². The van der Waals surface area contributed by atoms with E-state index in [1.165, 1.54) is 0 Å². The van der Waals surface area contributed by atoms with Crippen LogP contribution in [-0.4, -0.2) is 45.7 Å². The Morgan fingerprint density at radius 1 is 1.35 bits per heavy atom. The van der Waals surface area contributed by atoms with E-state index in [4.69, 9.17) is 15.5 Å². The summed E-state index contributed by atoms with van der Waals surface area (Å²) in [5.41, 5.74) is 7.86. The lowest BCUT2D eigenvalue weighted by Crippen LogP contribution is -2.44. The number of morpholine rings is 1. The van der Waals surface area contributed by atoms with Gasteiger partial charge in [0.1, 0.15) is 11.6 Å². The SMILES string of the molecule is CC1COCCN1c1cc(N)nc(-c2cncc3[nH]ccc23)n1. The van der Waals surface area contributed by atoms with Gasteiger partial charge in [-0.1, -0.05) is 0 Å². The normalized spacial score (nSPS) is 18.5. The molecule has 3 aromatic rings. The molecule has 4 heterocycles. The molecular formula is C16H18N6O. The van der Waals surface area contributed by atoms with Crippen LogP contribution >= 0.6 is 0 Å². The van der Waals surface area contributed by atoms with Crippen LogP contribution in [0.5, 0.6) is 0 Å². The number of anilines is 2. The molecular weight excluding hydrogens is 292 g/mol. The third-order valence-electron chi connectivity index (χ3n) is 4.11. The fourth-order valence-corrected chi connectivity index (χ4v) is 2.95. The number of nitrogen functional groups attached to an aromatic ring is 1. The highest BCUT2D eigenvalue weighted by atomic mass is 16.5. The zero-order valence-electron chi connectivity index (χ0n) is 12.9. The maximum Gasteiger partial charge on any atom is 0.166 e. The minimum atomic E-state index is 0.257. The average Bonchev–Trinajstić information content (AvgIpc) is 3.03. The monoisotopic (exact) mass is 310 g/mol. The molecule has 0 aromatic carbocycles. The molecule has 23 heavy (non-hydrogen) atoms. The van der Waals surface area contributed by atoms with E-state index in [1.54, 1.807) is 12.4 Å². The van der Waals surface area contributed by atoms with Crippen molar-refractivity contribution in [2.75, 3.05) is 30.4 Å². The minimum Gasteiger partial charge on any atom is -0.384 e. The highest BCUT2D eigenvalue weighted by Crippen LogP contribution is 2.28. The van der Waals surface area contributed by atoms with Crippen LogP contribution in [0.4, 0.5) is 11.6 Å². The molecule has 7 heteroatoms. The van der Waals surface area contributed by atoms with Crippen molar-refractivity contribution in [1.29, 1.82) is 0 Å². The van der Waals surface area contributed by atoms with Crippen LogP contribution in [0.1, 0.15) is 6.92 Å². The van der Waals surface area contributed by atoms with Gasteiger partial charge in [-0.25, -0.2) is 9.97 Å². The highest BCUT2D eigenvalue weighted by Gasteiger charge is 2.22. The number of aromatic nitrogens is 4. The van der Waals surface area contributed by atoms with Crippen LogP contribution in [0.3, 0.4) is 0 Å². The van der Waals surface area contributed by atoms with Gasteiger partial charge in [-0.3, -0.25) is 4.98 Å². The van der Waals surface area contributed by atoms with E-state index in [-0.39, 0.29) is 6.04 Å². The lowest BCUT2D eigenvalue weighted by molar-refractivity contribution is 0.0985. The molecule has 3 N–H and O–H groups in total. The molecule has 7 nitrogen and oxygen atoms in total. The fraction of sp³-hybridized carbons (Fsp3) is 0.312. The number of H-pyrrole nitrogens is 1. The molecule has 0 radical (unpaired) electrons. The van der Waals surface area contributed by atoms with Crippen LogP contribution < -0.4 is 10.6 Å². The van der Waals surface area contributed by atoms with Gasteiger partial charge in [0.05, 0.1) is 31.0 Å². The summed E-state index contributed by atoms with van der Waals surface area (Å²) in [4.78, 5) is 18.8. The predicted octanol–water partition coefficient (Wildman–Crippen LogP) is 1.83. The Balaban J connectivity index is 1.82. The maximum atomic E-state index is 6.03. The lowest BCUT2D eigenvalue weighted by Gasteiger charge is -2.34. The number of pyridine rings is 1.